The molecular formula is C19H18N4S. The van der Waals surface area contributed by atoms with E-state index in [-0.39, 0.29) is 0 Å². The number of hydrogen-bond acceptors (Lipinski definition) is 3. The molecule has 3 aromatic heterocycles. The van der Waals surface area contributed by atoms with Crippen LogP contribution in [0.15, 0.2) is 65.7 Å². The number of benzene rings is 1. The molecule has 0 amide bonds. The lowest BCUT2D eigenvalue weighted by molar-refractivity contribution is 0.680. The second-order valence-electron chi connectivity index (χ2n) is 5.94. The van der Waals surface area contributed by atoms with E-state index in [0.29, 0.717) is 0 Å². The zero-order valence-corrected chi connectivity index (χ0v) is 14.3. The van der Waals surface area contributed by atoms with Crippen molar-refractivity contribution in [1.29, 1.82) is 0 Å². The van der Waals surface area contributed by atoms with Crippen molar-refractivity contribution in [2.45, 2.75) is 20.0 Å². The molecule has 1 aromatic carbocycles. The van der Waals surface area contributed by atoms with Gasteiger partial charge in [0.2, 0.25) is 0 Å². The summed E-state index contributed by atoms with van der Waals surface area (Å²) in [5.41, 5.74) is 5.90. The van der Waals surface area contributed by atoms with Gasteiger partial charge in [0.05, 0.1) is 25.0 Å². The Hall–Kier alpha value is -2.66. The monoisotopic (exact) mass is 334 g/mol. The maximum atomic E-state index is 4.65. The summed E-state index contributed by atoms with van der Waals surface area (Å²) in [4.78, 5) is 0. The molecule has 0 fully saturated rings. The minimum Gasteiger partial charge on any atom is -0.268 e. The van der Waals surface area contributed by atoms with Crippen molar-refractivity contribution in [2.24, 2.45) is 0 Å². The van der Waals surface area contributed by atoms with Crippen molar-refractivity contribution in [3.63, 3.8) is 0 Å². The molecule has 4 aromatic rings. The molecule has 120 valence electrons. The first kappa shape index (κ1) is 14.9. The molecule has 0 radical (unpaired) electrons. The predicted octanol–water partition coefficient (Wildman–Crippen LogP) is 4.21. The van der Waals surface area contributed by atoms with Crippen LogP contribution in [0.4, 0.5) is 0 Å². The Morgan fingerprint density at radius 3 is 2.33 bits per heavy atom. The third-order valence-corrected chi connectivity index (χ3v) is 4.62. The maximum absolute atomic E-state index is 4.65. The van der Waals surface area contributed by atoms with E-state index in [1.54, 1.807) is 11.3 Å². The zero-order valence-electron chi connectivity index (χ0n) is 13.5. The molecular weight excluding hydrogens is 316 g/mol. The Morgan fingerprint density at radius 2 is 1.71 bits per heavy atom. The fourth-order valence-electron chi connectivity index (χ4n) is 2.69. The van der Waals surface area contributed by atoms with Crippen LogP contribution in [0.3, 0.4) is 0 Å². The van der Waals surface area contributed by atoms with Crippen LogP contribution in [0.5, 0.6) is 0 Å². The molecule has 0 aliphatic rings. The lowest BCUT2D eigenvalue weighted by atomic mass is 10.1. The summed E-state index contributed by atoms with van der Waals surface area (Å²) >= 11 is 1.70. The molecule has 5 heteroatoms. The smallest absolute Gasteiger partial charge is 0.0931 e. The molecule has 0 saturated heterocycles. The summed E-state index contributed by atoms with van der Waals surface area (Å²) in [6.07, 6.45) is 5.98. The number of rotatable bonds is 5. The molecule has 0 aliphatic heterocycles. The van der Waals surface area contributed by atoms with Gasteiger partial charge < -0.3 is 0 Å². The zero-order chi connectivity index (χ0) is 16.4. The highest BCUT2D eigenvalue weighted by Crippen LogP contribution is 2.20. The van der Waals surface area contributed by atoms with Crippen LogP contribution in [0.1, 0.15) is 16.7 Å². The van der Waals surface area contributed by atoms with Crippen molar-refractivity contribution in [2.75, 3.05) is 0 Å². The fourth-order valence-corrected chi connectivity index (χ4v) is 3.34. The number of thiophene rings is 1. The SMILES string of the molecule is Cc1cnn(Cc2ccc(Cn3ccc(-c4ccsc4)n3)cc2)c1. The highest BCUT2D eigenvalue weighted by molar-refractivity contribution is 7.08. The Morgan fingerprint density at radius 1 is 0.958 bits per heavy atom. The number of nitrogens with zero attached hydrogens (tertiary/aromatic N) is 4. The first-order valence-electron chi connectivity index (χ1n) is 7.89. The quantitative estimate of drug-likeness (QED) is 0.548. The highest BCUT2D eigenvalue weighted by atomic mass is 32.1. The Balaban J connectivity index is 1.43. The normalized spacial score (nSPS) is 11.0. The van der Waals surface area contributed by atoms with Gasteiger partial charge >= 0.3 is 0 Å². The number of aryl methyl sites for hydroxylation is 1. The van der Waals surface area contributed by atoms with Crippen LogP contribution in [0, 0.1) is 6.92 Å². The average Bonchev–Trinajstić information content (AvgIpc) is 3.31. The van der Waals surface area contributed by atoms with Gasteiger partial charge in [0, 0.05) is 23.3 Å². The van der Waals surface area contributed by atoms with Crippen molar-refractivity contribution < 1.29 is 0 Å². The molecule has 0 atom stereocenters. The van der Waals surface area contributed by atoms with Gasteiger partial charge in [-0.05, 0) is 41.1 Å². The van der Waals surface area contributed by atoms with Gasteiger partial charge in [-0.2, -0.15) is 21.5 Å². The van der Waals surface area contributed by atoms with Gasteiger partial charge in [0.1, 0.15) is 0 Å². The minimum atomic E-state index is 0.783. The minimum absolute atomic E-state index is 0.783. The lowest BCUT2D eigenvalue weighted by Crippen LogP contribution is -2.02. The summed E-state index contributed by atoms with van der Waals surface area (Å²) < 4.78 is 3.95. The standard InChI is InChI=1S/C19H18N4S/c1-15-10-20-23(11-15)13-17-4-2-16(3-5-17)12-22-8-6-19(21-22)18-7-9-24-14-18/h2-11,14H,12-13H2,1H3. The van der Waals surface area contributed by atoms with E-state index in [0.717, 1.165) is 18.8 Å². The number of hydrogen-bond donors (Lipinski definition) is 0. The van der Waals surface area contributed by atoms with Crippen molar-refractivity contribution in [3.8, 4) is 11.3 Å². The van der Waals surface area contributed by atoms with Gasteiger partial charge in [-0.25, -0.2) is 0 Å². The predicted molar refractivity (Wildman–Crippen MR) is 97.2 cm³/mol. The van der Waals surface area contributed by atoms with E-state index in [2.05, 4.69) is 70.5 Å². The van der Waals surface area contributed by atoms with E-state index in [4.69, 9.17) is 0 Å². The van der Waals surface area contributed by atoms with Crippen LogP contribution in [0.25, 0.3) is 11.3 Å². The topological polar surface area (TPSA) is 35.6 Å². The molecule has 4 rings (SSSR count). The van der Waals surface area contributed by atoms with Crippen LogP contribution in [0.2, 0.25) is 0 Å². The molecule has 4 nitrogen and oxygen atoms in total. The van der Waals surface area contributed by atoms with Crippen molar-refractivity contribution in [1.82, 2.24) is 19.6 Å². The van der Waals surface area contributed by atoms with Gasteiger partial charge in [0.15, 0.2) is 0 Å². The molecule has 0 spiro atoms. The van der Waals surface area contributed by atoms with Crippen LogP contribution < -0.4 is 0 Å². The van der Waals surface area contributed by atoms with E-state index in [9.17, 15) is 0 Å². The Kier molecular flexibility index (Phi) is 4.01. The van der Waals surface area contributed by atoms with Gasteiger partial charge in [-0.1, -0.05) is 24.3 Å². The average molecular weight is 334 g/mol. The molecule has 0 N–H and O–H groups in total. The van der Waals surface area contributed by atoms with Gasteiger partial charge in [0.25, 0.3) is 0 Å². The summed E-state index contributed by atoms with van der Waals surface area (Å²) in [5, 5.41) is 13.2. The molecule has 0 bridgehead atoms. The summed E-state index contributed by atoms with van der Waals surface area (Å²) in [7, 11) is 0. The summed E-state index contributed by atoms with van der Waals surface area (Å²) in [5.74, 6) is 0. The molecule has 3 heterocycles. The largest absolute Gasteiger partial charge is 0.268 e. The third kappa shape index (κ3) is 3.31. The van der Waals surface area contributed by atoms with Gasteiger partial charge in [-0.3, -0.25) is 9.36 Å². The maximum Gasteiger partial charge on any atom is 0.0931 e. The van der Waals surface area contributed by atoms with Crippen LogP contribution >= 0.6 is 11.3 Å². The van der Waals surface area contributed by atoms with Crippen molar-refractivity contribution in [3.05, 3.63) is 82.4 Å². The van der Waals surface area contributed by atoms with E-state index in [1.165, 1.54) is 22.3 Å². The van der Waals surface area contributed by atoms with E-state index < -0.39 is 0 Å². The molecule has 0 saturated carbocycles. The highest BCUT2D eigenvalue weighted by Gasteiger charge is 2.04. The molecule has 0 aliphatic carbocycles. The third-order valence-electron chi connectivity index (χ3n) is 3.93. The van der Waals surface area contributed by atoms with Gasteiger partial charge in [-0.15, -0.1) is 0 Å². The number of aromatic nitrogens is 4. The summed E-state index contributed by atoms with van der Waals surface area (Å²) in [6, 6.07) is 12.8. The molecule has 24 heavy (non-hydrogen) atoms. The van der Waals surface area contributed by atoms with Crippen LogP contribution in [-0.2, 0) is 13.1 Å². The van der Waals surface area contributed by atoms with Crippen LogP contribution in [-0.4, -0.2) is 19.6 Å². The first-order valence-corrected chi connectivity index (χ1v) is 8.83. The lowest BCUT2D eigenvalue weighted by Gasteiger charge is -2.05. The molecule has 0 unspecified atom stereocenters. The van der Waals surface area contributed by atoms with E-state index in [1.807, 2.05) is 21.8 Å². The fraction of sp³-hybridized carbons (Fsp3) is 0.158. The van der Waals surface area contributed by atoms with E-state index >= 15 is 0 Å². The summed E-state index contributed by atoms with van der Waals surface area (Å²) in [6.45, 7) is 3.64. The second kappa shape index (κ2) is 6.45. The second-order valence-corrected chi connectivity index (χ2v) is 6.72. The first-order chi connectivity index (χ1) is 11.8. The Labute approximate surface area is 145 Å². The van der Waals surface area contributed by atoms with Crippen molar-refractivity contribution >= 4 is 11.3 Å². The Bertz CT molecular complexity index is 917.